The molecule has 6 nitrogen and oxygen atoms in total. The number of rotatable bonds is 6. The molecule has 0 unspecified atom stereocenters. The van der Waals surface area contributed by atoms with Gasteiger partial charge in [0.1, 0.15) is 5.75 Å². The lowest BCUT2D eigenvalue weighted by Crippen LogP contribution is -2.31. The van der Waals surface area contributed by atoms with Crippen LogP contribution in [0, 0.1) is 0 Å². The summed E-state index contributed by atoms with van der Waals surface area (Å²) in [5.74, 6) is 0.836. The first-order valence-corrected chi connectivity index (χ1v) is 8.46. The van der Waals surface area contributed by atoms with Crippen LogP contribution in [0.25, 0.3) is 11.5 Å². The molecule has 1 aromatic heterocycles. The Hall–Kier alpha value is -2.67. The van der Waals surface area contributed by atoms with E-state index < -0.39 is 0 Å². The summed E-state index contributed by atoms with van der Waals surface area (Å²) in [7, 11) is 0. The highest BCUT2D eigenvalue weighted by Crippen LogP contribution is 2.23. The van der Waals surface area contributed by atoms with Gasteiger partial charge in [0, 0.05) is 10.0 Å². The normalized spacial score (nSPS) is 11.8. The van der Waals surface area contributed by atoms with Gasteiger partial charge in [0.05, 0.1) is 6.04 Å². The van der Waals surface area contributed by atoms with E-state index in [0.717, 1.165) is 15.6 Å². The Labute approximate surface area is 153 Å². The van der Waals surface area contributed by atoms with E-state index in [1.54, 1.807) is 24.3 Å². The minimum absolute atomic E-state index is 0.0608. The van der Waals surface area contributed by atoms with Crippen LogP contribution < -0.4 is 10.1 Å². The number of amides is 1. The zero-order valence-electron chi connectivity index (χ0n) is 13.5. The minimum atomic E-state index is -0.191. The number of aromatic nitrogens is 2. The first-order valence-electron chi connectivity index (χ1n) is 7.66. The first kappa shape index (κ1) is 17.2. The molecule has 0 radical (unpaired) electrons. The van der Waals surface area contributed by atoms with Crippen molar-refractivity contribution in [3.05, 3.63) is 65.0 Å². The predicted molar refractivity (Wildman–Crippen MR) is 95.9 cm³/mol. The second kappa shape index (κ2) is 7.94. The lowest BCUT2D eigenvalue weighted by Gasteiger charge is -2.16. The zero-order valence-corrected chi connectivity index (χ0v) is 15.1. The van der Waals surface area contributed by atoms with E-state index in [1.165, 1.54) is 6.39 Å². The Kier molecular flexibility index (Phi) is 5.45. The molecule has 1 atom stereocenters. The number of carbonyl (C=O) groups is 1. The van der Waals surface area contributed by atoms with Crippen LogP contribution in [0.1, 0.15) is 18.5 Å². The van der Waals surface area contributed by atoms with Crippen molar-refractivity contribution >= 4 is 21.8 Å². The van der Waals surface area contributed by atoms with E-state index in [0.29, 0.717) is 11.6 Å². The molecular weight excluding hydrogens is 386 g/mol. The zero-order chi connectivity index (χ0) is 17.6. The van der Waals surface area contributed by atoms with Crippen molar-refractivity contribution in [2.24, 2.45) is 0 Å². The van der Waals surface area contributed by atoms with Gasteiger partial charge in [-0.05, 0) is 42.8 Å². The van der Waals surface area contributed by atoms with Crippen LogP contribution in [0.15, 0.2) is 63.8 Å². The van der Waals surface area contributed by atoms with Crippen LogP contribution >= 0.6 is 15.9 Å². The molecule has 128 valence electrons. The van der Waals surface area contributed by atoms with E-state index in [1.807, 2.05) is 31.2 Å². The number of halogens is 1. The molecule has 1 N–H and O–H groups in total. The molecule has 0 saturated carbocycles. The molecule has 3 rings (SSSR count). The third-order valence-corrected chi connectivity index (χ3v) is 4.30. The number of ether oxygens (including phenoxy) is 1. The maximum Gasteiger partial charge on any atom is 0.258 e. The van der Waals surface area contributed by atoms with E-state index in [9.17, 15) is 4.79 Å². The Bertz CT molecular complexity index is 835. The summed E-state index contributed by atoms with van der Waals surface area (Å²) < 4.78 is 11.6. The summed E-state index contributed by atoms with van der Waals surface area (Å²) in [4.78, 5) is 12.1. The van der Waals surface area contributed by atoms with Gasteiger partial charge in [-0.15, -0.1) is 10.2 Å². The van der Waals surface area contributed by atoms with Gasteiger partial charge in [0.2, 0.25) is 12.3 Å². The van der Waals surface area contributed by atoms with Crippen molar-refractivity contribution in [3.8, 4) is 17.2 Å². The number of carbonyl (C=O) groups excluding carboxylic acids is 1. The van der Waals surface area contributed by atoms with E-state index in [-0.39, 0.29) is 18.6 Å². The van der Waals surface area contributed by atoms with Crippen LogP contribution in [0.2, 0.25) is 0 Å². The van der Waals surface area contributed by atoms with Crippen molar-refractivity contribution < 1.29 is 13.9 Å². The van der Waals surface area contributed by atoms with Crippen molar-refractivity contribution in [2.75, 3.05) is 6.61 Å². The second-order valence-corrected chi connectivity index (χ2v) is 6.22. The lowest BCUT2D eigenvalue weighted by molar-refractivity contribution is -0.123. The number of nitrogens with zero attached hydrogens (tertiary/aromatic N) is 2. The molecule has 1 heterocycles. The molecule has 0 bridgehead atoms. The molecule has 25 heavy (non-hydrogen) atoms. The summed E-state index contributed by atoms with van der Waals surface area (Å²) in [6, 6.07) is 14.8. The number of benzene rings is 2. The molecule has 0 fully saturated rings. The van der Waals surface area contributed by atoms with Gasteiger partial charge in [0.15, 0.2) is 6.61 Å². The summed E-state index contributed by atoms with van der Waals surface area (Å²) in [5.41, 5.74) is 1.80. The van der Waals surface area contributed by atoms with Crippen molar-refractivity contribution in [1.29, 1.82) is 0 Å². The third-order valence-electron chi connectivity index (χ3n) is 3.58. The van der Waals surface area contributed by atoms with Gasteiger partial charge in [-0.3, -0.25) is 4.79 Å². The largest absolute Gasteiger partial charge is 0.484 e. The highest BCUT2D eigenvalue weighted by molar-refractivity contribution is 9.10. The maximum absolute atomic E-state index is 12.1. The van der Waals surface area contributed by atoms with Gasteiger partial charge < -0.3 is 14.5 Å². The Morgan fingerprint density at radius 3 is 2.68 bits per heavy atom. The summed E-state index contributed by atoms with van der Waals surface area (Å²) >= 11 is 3.49. The molecule has 0 aliphatic rings. The van der Waals surface area contributed by atoms with Gasteiger partial charge in [0.25, 0.3) is 5.91 Å². The van der Waals surface area contributed by atoms with Crippen molar-refractivity contribution in [3.63, 3.8) is 0 Å². The van der Waals surface area contributed by atoms with Crippen LogP contribution in [-0.2, 0) is 4.79 Å². The summed E-state index contributed by atoms with van der Waals surface area (Å²) in [6.07, 6.45) is 1.27. The average molecular weight is 402 g/mol. The Morgan fingerprint density at radius 1 is 1.24 bits per heavy atom. The SMILES string of the molecule is C[C@H](NC(=O)COc1ccc(-c2nnco2)cc1)c1ccccc1Br. The Morgan fingerprint density at radius 2 is 2.00 bits per heavy atom. The van der Waals surface area contributed by atoms with Crippen LogP contribution in [0.4, 0.5) is 0 Å². The molecule has 1 amide bonds. The molecule has 7 heteroatoms. The number of hydrogen-bond acceptors (Lipinski definition) is 5. The van der Waals surface area contributed by atoms with E-state index >= 15 is 0 Å². The minimum Gasteiger partial charge on any atom is -0.484 e. The number of nitrogens with one attached hydrogen (secondary N) is 1. The van der Waals surface area contributed by atoms with Crippen LogP contribution in [0.3, 0.4) is 0 Å². The third kappa shape index (κ3) is 4.45. The molecular formula is C18H16BrN3O3. The highest BCUT2D eigenvalue weighted by atomic mass is 79.9. The average Bonchev–Trinajstić information content (AvgIpc) is 3.15. The quantitative estimate of drug-likeness (QED) is 0.680. The lowest BCUT2D eigenvalue weighted by atomic mass is 10.1. The first-order chi connectivity index (χ1) is 12.1. The molecule has 2 aromatic carbocycles. The summed E-state index contributed by atoms with van der Waals surface area (Å²) in [6.45, 7) is 1.87. The van der Waals surface area contributed by atoms with Gasteiger partial charge in [-0.1, -0.05) is 34.1 Å². The molecule has 0 aliphatic carbocycles. The highest BCUT2D eigenvalue weighted by Gasteiger charge is 2.12. The summed E-state index contributed by atoms with van der Waals surface area (Å²) in [5, 5.41) is 10.4. The number of hydrogen-bond donors (Lipinski definition) is 1. The van der Waals surface area contributed by atoms with Gasteiger partial charge in [-0.25, -0.2) is 0 Å². The molecule has 3 aromatic rings. The van der Waals surface area contributed by atoms with Crippen LogP contribution in [0.5, 0.6) is 5.75 Å². The fraction of sp³-hybridized carbons (Fsp3) is 0.167. The van der Waals surface area contributed by atoms with Gasteiger partial charge in [-0.2, -0.15) is 0 Å². The van der Waals surface area contributed by atoms with Crippen molar-refractivity contribution in [1.82, 2.24) is 15.5 Å². The van der Waals surface area contributed by atoms with Gasteiger partial charge >= 0.3 is 0 Å². The topological polar surface area (TPSA) is 77.2 Å². The fourth-order valence-electron chi connectivity index (χ4n) is 2.33. The molecule has 0 spiro atoms. The molecule has 0 aliphatic heterocycles. The predicted octanol–water partition coefficient (Wildman–Crippen LogP) is 3.76. The van der Waals surface area contributed by atoms with Crippen molar-refractivity contribution in [2.45, 2.75) is 13.0 Å². The monoisotopic (exact) mass is 401 g/mol. The Balaban J connectivity index is 1.53. The standard InChI is InChI=1S/C18H16BrN3O3/c1-12(15-4-2-3-5-16(15)19)21-17(23)10-24-14-8-6-13(7-9-14)18-22-20-11-25-18/h2-9,11-12H,10H2,1H3,(H,21,23)/t12-/m0/s1. The second-order valence-electron chi connectivity index (χ2n) is 5.37. The van der Waals surface area contributed by atoms with E-state index in [2.05, 4.69) is 31.4 Å². The smallest absolute Gasteiger partial charge is 0.258 e. The maximum atomic E-state index is 12.1. The fourth-order valence-corrected chi connectivity index (χ4v) is 2.96. The van der Waals surface area contributed by atoms with Crippen LogP contribution in [-0.4, -0.2) is 22.7 Å². The molecule has 0 saturated heterocycles. The van der Waals surface area contributed by atoms with E-state index in [4.69, 9.17) is 9.15 Å².